The van der Waals surface area contributed by atoms with Crippen molar-refractivity contribution in [3.8, 4) is 17.2 Å². The van der Waals surface area contributed by atoms with Crippen LogP contribution >= 0.6 is 0 Å². The van der Waals surface area contributed by atoms with E-state index in [2.05, 4.69) is 5.32 Å². The molecular weight excluding hydrogens is 709 g/mol. The number of aromatic nitrogens is 1. The summed E-state index contributed by atoms with van der Waals surface area (Å²) in [6.45, 7) is 1.21. The summed E-state index contributed by atoms with van der Waals surface area (Å²) in [6.07, 6.45) is 1.98. The summed E-state index contributed by atoms with van der Waals surface area (Å²) in [6, 6.07) is 13.9. The molecule has 0 radical (unpaired) electrons. The number of methoxy groups -OCH3 is 2. The quantitative estimate of drug-likeness (QED) is 0.238. The van der Waals surface area contributed by atoms with Crippen LogP contribution < -0.4 is 25.0 Å². The minimum atomic E-state index is -1.22. The van der Waals surface area contributed by atoms with Gasteiger partial charge in [0, 0.05) is 43.0 Å². The Balaban J connectivity index is 1.30. The maximum absolute atomic E-state index is 14.5. The van der Waals surface area contributed by atoms with Crippen molar-refractivity contribution in [2.24, 2.45) is 0 Å². The van der Waals surface area contributed by atoms with Gasteiger partial charge in [0.15, 0.2) is 11.4 Å². The fourth-order valence-corrected chi connectivity index (χ4v) is 7.29. The van der Waals surface area contributed by atoms with Crippen LogP contribution in [0.3, 0.4) is 0 Å². The number of hydroxylamine groups is 2. The SMILES string of the molecule is COc1ccc(COc2c3n(cc(C(=O)NCc4c(F)cc(F)cc4F)c2=O)[C@@H]2CN(C3=O)[C@@H](C)CC[C@]23CC(=O)N(Cc2ccc(OC)cc2)O3)cc1. The van der Waals surface area contributed by atoms with E-state index in [0.717, 1.165) is 5.56 Å². The van der Waals surface area contributed by atoms with E-state index in [-0.39, 0.29) is 43.8 Å². The molecule has 3 aromatic carbocycles. The highest BCUT2D eigenvalue weighted by molar-refractivity contribution is 5.99. The summed E-state index contributed by atoms with van der Waals surface area (Å²) in [5.41, 5.74) is -1.96. The minimum absolute atomic E-state index is 0.0547. The van der Waals surface area contributed by atoms with Gasteiger partial charge in [0.1, 0.15) is 46.7 Å². The van der Waals surface area contributed by atoms with Crippen LogP contribution in [0.5, 0.6) is 17.2 Å². The van der Waals surface area contributed by atoms with E-state index in [9.17, 15) is 32.3 Å². The second-order valence-electron chi connectivity index (χ2n) is 13.6. The molecule has 4 heterocycles. The lowest BCUT2D eigenvalue weighted by Gasteiger charge is -2.42. The molecule has 12 nitrogen and oxygen atoms in total. The van der Waals surface area contributed by atoms with E-state index >= 15 is 0 Å². The van der Waals surface area contributed by atoms with Crippen molar-refractivity contribution in [3.05, 3.63) is 122 Å². The summed E-state index contributed by atoms with van der Waals surface area (Å²) in [4.78, 5) is 64.1. The van der Waals surface area contributed by atoms with Crippen molar-refractivity contribution in [2.45, 2.75) is 63.6 Å². The molecule has 4 aromatic rings. The first kappa shape index (κ1) is 36.5. The average Bonchev–Trinajstić information content (AvgIpc) is 3.41. The second-order valence-corrected chi connectivity index (χ2v) is 13.6. The number of ether oxygens (including phenoxy) is 3. The number of fused-ring (bicyclic) bond motifs is 5. The van der Waals surface area contributed by atoms with Gasteiger partial charge in [-0.05, 0) is 55.2 Å². The molecule has 2 bridgehead atoms. The van der Waals surface area contributed by atoms with Crippen molar-refractivity contribution in [3.63, 3.8) is 0 Å². The molecule has 2 saturated heterocycles. The van der Waals surface area contributed by atoms with Crippen LogP contribution in [0.15, 0.2) is 71.7 Å². The van der Waals surface area contributed by atoms with E-state index < -0.39 is 69.8 Å². The number of amides is 3. The molecule has 15 heteroatoms. The van der Waals surface area contributed by atoms with Crippen molar-refractivity contribution in [2.75, 3.05) is 20.8 Å². The van der Waals surface area contributed by atoms with Gasteiger partial charge in [-0.2, -0.15) is 0 Å². The Morgan fingerprint density at radius 2 is 1.57 bits per heavy atom. The van der Waals surface area contributed by atoms with Gasteiger partial charge in [-0.3, -0.25) is 24.0 Å². The number of carbonyl (C=O) groups is 3. The first-order chi connectivity index (χ1) is 25.9. The number of pyridine rings is 1. The van der Waals surface area contributed by atoms with Gasteiger partial charge in [-0.1, -0.05) is 24.3 Å². The Hall–Kier alpha value is -5.83. The Labute approximate surface area is 307 Å². The number of nitrogens with one attached hydrogen (secondary N) is 1. The molecule has 3 aliphatic heterocycles. The highest BCUT2D eigenvalue weighted by Gasteiger charge is 2.56. The standard InChI is InChI=1S/C39H37F3N4O8/c1-22-12-13-39(16-33(47)46(54-39)18-23-4-8-26(51-2)9-5-23)32-20-44(22)38(50)34-36(53-21-24-6-10-27(52-3)11-7-24)35(48)29(19-45(32)34)37(49)43-17-28-30(41)14-25(40)15-31(28)42/h4-11,14-15,19,22,32H,12-13,16-18,20-21H2,1-3H3,(H,43,49)/t22-,32+,39-/m0/s1. The fourth-order valence-electron chi connectivity index (χ4n) is 7.29. The topological polar surface area (TPSA) is 129 Å². The fraction of sp³-hybridized carbons (Fsp3) is 0.333. The molecule has 0 aliphatic carbocycles. The Morgan fingerprint density at radius 3 is 2.20 bits per heavy atom. The van der Waals surface area contributed by atoms with Gasteiger partial charge in [0.05, 0.1) is 33.2 Å². The Kier molecular flexibility index (Phi) is 9.83. The molecule has 2 fully saturated rings. The molecule has 0 unspecified atom stereocenters. The molecule has 282 valence electrons. The van der Waals surface area contributed by atoms with Crippen LogP contribution in [0.1, 0.15) is 69.8 Å². The maximum Gasteiger partial charge on any atom is 0.274 e. The Morgan fingerprint density at radius 1 is 0.944 bits per heavy atom. The molecule has 7 rings (SSSR count). The molecule has 1 spiro atoms. The van der Waals surface area contributed by atoms with Gasteiger partial charge in [-0.25, -0.2) is 18.2 Å². The average molecular weight is 747 g/mol. The maximum atomic E-state index is 14.5. The first-order valence-corrected chi connectivity index (χ1v) is 17.3. The van der Waals surface area contributed by atoms with Gasteiger partial charge < -0.3 is 29.0 Å². The van der Waals surface area contributed by atoms with E-state index in [0.29, 0.717) is 42.0 Å². The van der Waals surface area contributed by atoms with Crippen LogP contribution in [0, 0.1) is 17.5 Å². The van der Waals surface area contributed by atoms with Gasteiger partial charge in [0.2, 0.25) is 11.3 Å². The van der Waals surface area contributed by atoms with Gasteiger partial charge in [-0.15, -0.1) is 0 Å². The predicted octanol–water partition coefficient (Wildman–Crippen LogP) is 5.07. The molecule has 3 aliphatic rings. The summed E-state index contributed by atoms with van der Waals surface area (Å²) in [5.74, 6) is -4.58. The lowest BCUT2D eigenvalue weighted by molar-refractivity contribution is -0.218. The third-order valence-electron chi connectivity index (χ3n) is 10.3. The van der Waals surface area contributed by atoms with Crippen molar-refractivity contribution < 1.29 is 46.6 Å². The highest BCUT2D eigenvalue weighted by Crippen LogP contribution is 2.47. The zero-order valence-corrected chi connectivity index (χ0v) is 29.7. The molecule has 1 aromatic heterocycles. The van der Waals surface area contributed by atoms with E-state index in [1.165, 1.54) is 22.9 Å². The van der Waals surface area contributed by atoms with E-state index in [4.69, 9.17) is 19.0 Å². The number of carbonyl (C=O) groups excluding carboxylic acids is 3. The lowest BCUT2D eigenvalue weighted by atomic mass is 9.85. The third-order valence-corrected chi connectivity index (χ3v) is 10.3. The zero-order chi connectivity index (χ0) is 38.3. The molecule has 0 saturated carbocycles. The lowest BCUT2D eigenvalue weighted by Crippen LogP contribution is -2.52. The molecule has 3 amide bonds. The number of hydrogen-bond acceptors (Lipinski definition) is 8. The second kappa shape index (κ2) is 14.5. The monoisotopic (exact) mass is 746 g/mol. The number of nitrogens with zero attached hydrogens (tertiary/aromatic N) is 3. The Bertz CT molecular complexity index is 2160. The molecule has 54 heavy (non-hydrogen) atoms. The molecule has 3 atom stereocenters. The van der Waals surface area contributed by atoms with Crippen molar-refractivity contribution >= 4 is 17.7 Å². The van der Waals surface area contributed by atoms with Crippen LogP contribution in [-0.2, 0) is 29.3 Å². The number of hydrogen-bond donors (Lipinski definition) is 1. The van der Waals surface area contributed by atoms with Gasteiger partial charge >= 0.3 is 0 Å². The zero-order valence-electron chi connectivity index (χ0n) is 29.7. The summed E-state index contributed by atoms with van der Waals surface area (Å²) in [7, 11) is 3.07. The van der Waals surface area contributed by atoms with E-state index in [1.807, 2.05) is 19.1 Å². The number of halogens is 3. The first-order valence-electron chi connectivity index (χ1n) is 17.3. The van der Waals surface area contributed by atoms with Crippen molar-refractivity contribution in [1.82, 2.24) is 19.8 Å². The highest BCUT2D eigenvalue weighted by atomic mass is 19.1. The predicted molar refractivity (Wildman–Crippen MR) is 186 cm³/mol. The summed E-state index contributed by atoms with van der Waals surface area (Å²) >= 11 is 0. The number of benzene rings is 3. The van der Waals surface area contributed by atoms with Crippen LogP contribution in [-0.4, -0.2) is 64.7 Å². The van der Waals surface area contributed by atoms with Gasteiger partial charge in [0.25, 0.3) is 11.8 Å². The minimum Gasteiger partial charge on any atom is -0.497 e. The summed E-state index contributed by atoms with van der Waals surface area (Å²) < 4.78 is 60.6. The molecular formula is C39H37F3N4O8. The third kappa shape index (κ3) is 6.75. The number of rotatable bonds is 10. The normalized spacial score (nSPS) is 20.5. The van der Waals surface area contributed by atoms with Crippen LogP contribution in [0.25, 0.3) is 0 Å². The van der Waals surface area contributed by atoms with E-state index in [1.54, 1.807) is 48.4 Å². The van der Waals surface area contributed by atoms with Crippen molar-refractivity contribution in [1.29, 1.82) is 0 Å². The van der Waals surface area contributed by atoms with Crippen LogP contribution in [0.4, 0.5) is 13.2 Å². The molecule has 1 N–H and O–H groups in total. The van der Waals surface area contributed by atoms with Crippen LogP contribution in [0.2, 0.25) is 0 Å². The largest absolute Gasteiger partial charge is 0.497 e. The summed E-state index contributed by atoms with van der Waals surface area (Å²) in [5, 5.41) is 3.65. The smallest absolute Gasteiger partial charge is 0.274 e.